The van der Waals surface area contributed by atoms with Crippen LogP contribution >= 0.6 is 0 Å². The number of likely N-dealkylation sites (tertiary alicyclic amines) is 1. The molecule has 1 atom stereocenters. The Bertz CT molecular complexity index is 796. The summed E-state index contributed by atoms with van der Waals surface area (Å²) in [5, 5.41) is 8.31. The normalized spacial score (nSPS) is 18.1. The second-order valence-electron chi connectivity index (χ2n) is 6.16. The maximum Gasteiger partial charge on any atom is 0.151 e. The highest BCUT2D eigenvalue weighted by atomic mass is 16.5. The van der Waals surface area contributed by atoms with E-state index in [-0.39, 0.29) is 6.10 Å². The molecule has 24 heavy (non-hydrogen) atoms. The Kier molecular flexibility index (Phi) is 4.04. The lowest BCUT2D eigenvalue weighted by molar-refractivity contribution is 0.192. The van der Waals surface area contributed by atoms with Crippen molar-refractivity contribution < 1.29 is 9.26 Å². The number of para-hydroxylation sites is 1. The lowest BCUT2D eigenvalue weighted by atomic mass is 10.2. The van der Waals surface area contributed by atoms with E-state index in [1.165, 1.54) is 0 Å². The topological polar surface area (TPSA) is 56.3 Å². The van der Waals surface area contributed by atoms with Crippen LogP contribution in [-0.2, 0) is 13.6 Å². The summed E-state index contributed by atoms with van der Waals surface area (Å²) in [6.45, 7) is 2.65. The molecule has 1 aliphatic heterocycles. The molecule has 3 heterocycles. The zero-order chi connectivity index (χ0) is 16.4. The number of aryl methyl sites for hydroxylation is 1. The third-order valence-corrected chi connectivity index (χ3v) is 4.21. The van der Waals surface area contributed by atoms with Crippen LogP contribution < -0.4 is 4.74 Å². The molecule has 1 aromatic carbocycles. The van der Waals surface area contributed by atoms with Crippen molar-refractivity contribution in [1.82, 2.24) is 19.8 Å². The molecule has 1 saturated heterocycles. The van der Waals surface area contributed by atoms with Gasteiger partial charge in [0, 0.05) is 38.0 Å². The van der Waals surface area contributed by atoms with E-state index in [2.05, 4.69) is 15.2 Å². The van der Waals surface area contributed by atoms with Crippen molar-refractivity contribution >= 4 is 0 Å². The van der Waals surface area contributed by atoms with Gasteiger partial charge in [0.1, 0.15) is 17.5 Å². The predicted molar refractivity (Wildman–Crippen MR) is 89.5 cm³/mol. The second kappa shape index (κ2) is 6.49. The van der Waals surface area contributed by atoms with Crippen molar-refractivity contribution in [3.8, 4) is 17.0 Å². The second-order valence-corrected chi connectivity index (χ2v) is 6.16. The van der Waals surface area contributed by atoms with Crippen molar-refractivity contribution in [1.29, 1.82) is 0 Å². The largest absolute Gasteiger partial charge is 0.489 e. The molecule has 0 N–H and O–H groups in total. The number of hydrogen-bond donors (Lipinski definition) is 0. The highest BCUT2D eigenvalue weighted by molar-refractivity contribution is 5.56. The Balaban J connectivity index is 1.34. The first-order chi connectivity index (χ1) is 11.8. The highest BCUT2D eigenvalue weighted by Crippen LogP contribution is 2.22. The van der Waals surface area contributed by atoms with Crippen LogP contribution in [0.5, 0.6) is 5.75 Å². The first kappa shape index (κ1) is 15.0. The molecule has 3 aromatic rings. The van der Waals surface area contributed by atoms with Gasteiger partial charge in [0.05, 0.1) is 12.7 Å². The molecule has 6 nitrogen and oxygen atoms in total. The average Bonchev–Trinajstić information content (AvgIpc) is 3.31. The van der Waals surface area contributed by atoms with Crippen molar-refractivity contribution in [2.75, 3.05) is 13.1 Å². The monoisotopic (exact) mass is 324 g/mol. The van der Waals surface area contributed by atoms with Crippen molar-refractivity contribution in [2.45, 2.75) is 19.1 Å². The van der Waals surface area contributed by atoms with E-state index in [9.17, 15) is 0 Å². The summed E-state index contributed by atoms with van der Waals surface area (Å²) in [6, 6.07) is 12.0. The third-order valence-electron chi connectivity index (χ3n) is 4.21. The quantitative estimate of drug-likeness (QED) is 0.722. The van der Waals surface area contributed by atoms with Crippen molar-refractivity contribution in [3.63, 3.8) is 0 Å². The molecule has 1 fully saturated rings. The van der Waals surface area contributed by atoms with E-state index in [4.69, 9.17) is 9.26 Å². The minimum absolute atomic E-state index is 0.230. The van der Waals surface area contributed by atoms with Crippen molar-refractivity contribution in [2.24, 2.45) is 7.05 Å². The van der Waals surface area contributed by atoms with Gasteiger partial charge in [-0.25, -0.2) is 0 Å². The van der Waals surface area contributed by atoms with Crippen LogP contribution in [-0.4, -0.2) is 39.0 Å². The van der Waals surface area contributed by atoms with Crippen LogP contribution in [0.15, 0.2) is 53.3 Å². The van der Waals surface area contributed by atoms with Gasteiger partial charge in [-0.1, -0.05) is 23.4 Å². The number of hydrogen-bond acceptors (Lipinski definition) is 5. The Labute approximate surface area is 140 Å². The van der Waals surface area contributed by atoms with Gasteiger partial charge in [-0.15, -0.1) is 0 Å². The van der Waals surface area contributed by atoms with Crippen molar-refractivity contribution in [3.05, 3.63) is 54.6 Å². The average molecular weight is 324 g/mol. The predicted octanol–water partition coefficient (Wildman–Crippen LogP) is 2.73. The smallest absolute Gasteiger partial charge is 0.151 e. The van der Waals surface area contributed by atoms with E-state index in [1.54, 1.807) is 10.9 Å². The molecule has 2 aromatic heterocycles. The van der Waals surface area contributed by atoms with Gasteiger partial charge in [0.2, 0.25) is 0 Å². The van der Waals surface area contributed by atoms with Gasteiger partial charge in [0.15, 0.2) is 5.76 Å². The summed E-state index contributed by atoms with van der Waals surface area (Å²) < 4.78 is 13.3. The Morgan fingerprint density at radius 2 is 2.17 bits per heavy atom. The molecule has 0 unspecified atom stereocenters. The minimum Gasteiger partial charge on any atom is -0.489 e. The number of benzene rings is 1. The third kappa shape index (κ3) is 3.33. The van der Waals surface area contributed by atoms with Crippen LogP contribution in [0.3, 0.4) is 0 Å². The molecule has 124 valence electrons. The molecule has 0 spiro atoms. The Morgan fingerprint density at radius 3 is 2.96 bits per heavy atom. The Hall–Kier alpha value is -2.60. The lowest BCUT2D eigenvalue weighted by Gasteiger charge is -2.15. The molecular weight excluding hydrogens is 304 g/mol. The van der Waals surface area contributed by atoms with Crippen LogP contribution in [0.2, 0.25) is 0 Å². The number of rotatable bonds is 5. The fraction of sp³-hybridized carbons (Fsp3) is 0.333. The molecule has 1 aliphatic rings. The molecule has 0 aliphatic carbocycles. The number of nitrogens with zero attached hydrogens (tertiary/aromatic N) is 4. The summed E-state index contributed by atoms with van der Waals surface area (Å²) >= 11 is 0. The molecule has 4 rings (SSSR count). The summed E-state index contributed by atoms with van der Waals surface area (Å²) in [5.41, 5.74) is 1.80. The molecule has 0 saturated carbocycles. The molecule has 0 amide bonds. The number of ether oxygens (including phenoxy) is 1. The standard InChI is InChI=1S/C18H20N4O2/c1-21-11-14(10-19-21)18-9-17(24-20-18)13-22-8-7-16(12-22)23-15-5-3-2-4-6-15/h2-6,9-11,16H,7-8,12-13H2,1H3/t16-/m0/s1. The summed E-state index contributed by atoms with van der Waals surface area (Å²) in [4.78, 5) is 2.33. The fourth-order valence-electron chi connectivity index (χ4n) is 3.03. The van der Waals surface area contributed by atoms with Gasteiger partial charge in [-0.05, 0) is 18.6 Å². The zero-order valence-electron chi connectivity index (χ0n) is 13.6. The molecule has 6 heteroatoms. The highest BCUT2D eigenvalue weighted by Gasteiger charge is 2.25. The Morgan fingerprint density at radius 1 is 1.29 bits per heavy atom. The van der Waals surface area contributed by atoms with Crippen LogP contribution in [0.4, 0.5) is 0 Å². The summed E-state index contributed by atoms with van der Waals surface area (Å²) in [5.74, 6) is 1.80. The SMILES string of the molecule is Cn1cc(-c2cc(CN3CC[C@H](Oc4ccccc4)C3)on2)cn1. The lowest BCUT2D eigenvalue weighted by Crippen LogP contribution is -2.24. The fourth-order valence-corrected chi connectivity index (χ4v) is 3.03. The maximum absolute atomic E-state index is 6.02. The van der Waals surface area contributed by atoms with Crippen LogP contribution in [0, 0.1) is 0 Å². The molecule has 0 radical (unpaired) electrons. The van der Waals surface area contributed by atoms with Crippen LogP contribution in [0.25, 0.3) is 11.3 Å². The zero-order valence-corrected chi connectivity index (χ0v) is 13.6. The van der Waals surface area contributed by atoms with Crippen LogP contribution in [0.1, 0.15) is 12.2 Å². The molecular formula is C18H20N4O2. The minimum atomic E-state index is 0.230. The maximum atomic E-state index is 6.02. The first-order valence-electron chi connectivity index (χ1n) is 8.15. The van der Waals surface area contributed by atoms with E-state index in [1.807, 2.05) is 49.6 Å². The van der Waals surface area contributed by atoms with Gasteiger partial charge >= 0.3 is 0 Å². The van der Waals surface area contributed by atoms with E-state index in [0.29, 0.717) is 0 Å². The van der Waals surface area contributed by atoms with E-state index in [0.717, 1.165) is 48.8 Å². The first-order valence-corrected chi connectivity index (χ1v) is 8.15. The van der Waals surface area contributed by atoms with Gasteiger partial charge < -0.3 is 9.26 Å². The summed E-state index contributed by atoms with van der Waals surface area (Å²) in [7, 11) is 1.89. The summed E-state index contributed by atoms with van der Waals surface area (Å²) in [6.07, 6.45) is 4.98. The van der Waals surface area contributed by atoms with E-state index < -0.39 is 0 Å². The van der Waals surface area contributed by atoms with Gasteiger partial charge in [-0.3, -0.25) is 9.58 Å². The number of aromatic nitrogens is 3. The van der Waals surface area contributed by atoms with E-state index >= 15 is 0 Å². The van der Waals surface area contributed by atoms with Gasteiger partial charge in [-0.2, -0.15) is 5.10 Å². The molecule has 0 bridgehead atoms. The van der Waals surface area contributed by atoms with Gasteiger partial charge in [0.25, 0.3) is 0 Å².